The van der Waals surface area contributed by atoms with Gasteiger partial charge in [-0.2, -0.15) is 0 Å². The Morgan fingerprint density at radius 3 is 2.48 bits per heavy atom. The lowest BCUT2D eigenvalue weighted by Crippen LogP contribution is -2.53. The van der Waals surface area contributed by atoms with Crippen molar-refractivity contribution in [2.45, 2.75) is 46.5 Å². The number of rotatable bonds is 3. The summed E-state index contributed by atoms with van der Waals surface area (Å²) in [6, 6.07) is 0. The van der Waals surface area contributed by atoms with E-state index in [1.807, 2.05) is 27.8 Å². The van der Waals surface area contributed by atoms with E-state index in [0.717, 1.165) is 32.3 Å². The molecule has 0 bridgehead atoms. The van der Waals surface area contributed by atoms with Crippen molar-refractivity contribution in [3.63, 3.8) is 0 Å². The molecule has 0 radical (unpaired) electrons. The van der Waals surface area contributed by atoms with Crippen LogP contribution in [0.4, 0.5) is 0 Å². The molecule has 2 N–H and O–H groups in total. The van der Waals surface area contributed by atoms with E-state index in [1.54, 1.807) is 0 Å². The summed E-state index contributed by atoms with van der Waals surface area (Å²) < 4.78 is 5.75. The Balaban J connectivity index is 0.00000312. The first-order valence-corrected chi connectivity index (χ1v) is 9.18. The zero-order chi connectivity index (χ0) is 17.6. The van der Waals surface area contributed by atoms with Crippen LogP contribution in [0.15, 0.2) is 4.99 Å². The summed E-state index contributed by atoms with van der Waals surface area (Å²) >= 11 is 0. The first-order valence-electron chi connectivity index (χ1n) is 9.18. The van der Waals surface area contributed by atoms with E-state index < -0.39 is 0 Å². The topological polar surface area (TPSA) is 66.0 Å². The van der Waals surface area contributed by atoms with E-state index in [1.165, 1.54) is 25.7 Å². The van der Waals surface area contributed by atoms with E-state index in [4.69, 9.17) is 4.74 Å². The Morgan fingerprint density at radius 1 is 1.20 bits per heavy atom. The third-order valence-electron chi connectivity index (χ3n) is 4.95. The highest BCUT2D eigenvalue weighted by molar-refractivity contribution is 14.0. The number of likely N-dealkylation sites (tertiary alicyclic amines) is 1. The zero-order valence-corrected chi connectivity index (χ0v) is 18.5. The van der Waals surface area contributed by atoms with E-state index in [0.29, 0.717) is 18.5 Å². The number of carbonyl (C=O) groups excluding carboxylic acids is 1. The normalized spacial score (nSPS) is 24.6. The fourth-order valence-corrected chi connectivity index (χ4v) is 3.57. The molecular formula is C18H35IN4O2. The maximum atomic E-state index is 11.9. The zero-order valence-electron chi connectivity index (χ0n) is 16.2. The molecule has 2 fully saturated rings. The molecule has 2 aliphatic heterocycles. The molecule has 0 aromatic carbocycles. The lowest BCUT2D eigenvalue weighted by Gasteiger charge is -2.45. The van der Waals surface area contributed by atoms with Crippen molar-refractivity contribution in [1.82, 2.24) is 15.5 Å². The summed E-state index contributed by atoms with van der Waals surface area (Å²) in [6.45, 7) is 10.9. The van der Waals surface area contributed by atoms with Gasteiger partial charge in [0.15, 0.2) is 5.96 Å². The molecule has 0 saturated carbocycles. The van der Waals surface area contributed by atoms with Crippen molar-refractivity contribution < 1.29 is 9.53 Å². The molecule has 2 rings (SSSR count). The van der Waals surface area contributed by atoms with Gasteiger partial charge in [-0.3, -0.25) is 9.79 Å². The highest BCUT2D eigenvalue weighted by Crippen LogP contribution is 2.37. The molecule has 7 heteroatoms. The second-order valence-corrected chi connectivity index (χ2v) is 8.16. The standard InChI is InChI=1S/C18H34N4O2.HI/c1-17(2,3)15(23)20-9-10-21-16(19-4)22-11-5-7-18(13-22)8-6-12-24-14-18;/h5-14H2,1-4H3,(H,19,21)(H,20,23);1H. The number of hydrogen-bond acceptors (Lipinski definition) is 3. The van der Waals surface area contributed by atoms with Crippen LogP contribution in [0.1, 0.15) is 46.5 Å². The Labute approximate surface area is 169 Å². The van der Waals surface area contributed by atoms with E-state index in [2.05, 4.69) is 20.5 Å². The van der Waals surface area contributed by atoms with Gasteiger partial charge < -0.3 is 20.3 Å². The van der Waals surface area contributed by atoms with Crippen molar-refractivity contribution >= 4 is 35.8 Å². The summed E-state index contributed by atoms with van der Waals surface area (Å²) in [5.41, 5.74) is -0.0452. The Morgan fingerprint density at radius 2 is 1.88 bits per heavy atom. The Bertz CT molecular complexity index is 451. The number of halogens is 1. The summed E-state index contributed by atoms with van der Waals surface area (Å²) in [6.07, 6.45) is 4.85. The van der Waals surface area contributed by atoms with Crippen LogP contribution in [0.5, 0.6) is 0 Å². The van der Waals surface area contributed by atoms with Crippen molar-refractivity contribution in [2.75, 3.05) is 46.4 Å². The smallest absolute Gasteiger partial charge is 0.225 e. The van der Waals surface area contributed by atoms with Crippen LogP contribution in [-0.4, -0.2) is 63.2 Å². The average Bonchev–Trinajstić information content (AvgIpc) is 2.54. The highest BCUT2D eigenvalue weighted by Gasteiger charge is 2.38. The van der Waals surface area contributed by atoms with Crippen LogP contribution < -0.4 is 10.6 Å². The van der Waals surface area contributed by atoms with Crippen LogP contribution >= 0.6 is 24.0 Å². The minimum atomic E-state index is -0.345. The average molecular weight is 466 g/mol. The molecule has 6 nitrogen and oxygen atoms in total. The second kappa shape index (κ2) is 9.94. The maximum Gasteiger partial charge on any atom is 0.225 e. The predicted molar refractivity (Wildman–Crippen MR) is 113 cm³/mol. The molecule has 2 heterocycles. The predicted octanol–water partition coefficient (Wildman–Crippen LogP) is 2.23. The molecule has 2 saturated heterocycles. The minimum absolute atomic E-state index is 0. The molecule has 1 atom stereocenters. The first kappa shape index (κ1) is 22.5. The lowest BCUT2D eigenvalue weighted by atomic mass is 9.76. The van der Waals surface area contributed by atoms with Gasteiger partial charge in [-0.15, -0.1) is 24.0 Å². The molecule has 0 aromatic heterocycles. The van der Waals surface area contributed by atoms with E-state index in [9.17, 15) is 4.79 Å². The second-order valence-electron chi connectivity index (χ2n) is 8.16. The molecule has 0 aliphatic carbocycles. The van der Waals surface area contributed by atoms with Crippen LogP contribution in [0, 0.1) is 10.8 Å². The van der Waals surface area contributed by atoms with Crippen molar-refractivity contribution in [3.8, 4) is 0 Å². The monoisotopic (exact) mass is 466 g/mol. The van der Waals surface area contributed by atoms with Crippen LogP contribution in [0.25, 0.3) is 0 Å². The molecule has 146 valence electrons. The number of ether oxygens (including phenoxy) is 1. The van der Waals surface area contributed by atoms with Gasteiger partial charge in [-0.05, 0) is 25.7 Å². The number of nitrogens with zero attached hydrogens (tertiary/aromatic N) is 2. The van der Waals surface area contributed by atoms with Gasteiger partial charge >= 0.3 is 0 Å². The Hall–Kier alpha value is -0.570. The summed E-state index contributed by atoms with van der Waals surface area (Å²) in [5, 5.41) is 6.36. The third kappa shape index (κ3) is 6.58. The SMILES string of the molecule is CN=C(NCCNC(=O)C(C)(C)C)N1CCCC2(CCCOC2)C1.I. The number of guanidine groups is 1. The number of aliphatic imine (C=N–C) groups is 1. The van der Waals surface area contributed by atoms with E-state index in [-0.39, 0.29) is 35.3 Å². The fraction of sp³-hybridized carbons (Fsp3) is 0.889. The van der Waals surface area contributed by atoms with Gasteiger partial charge in [0.05, 0.1) is 6.61 Å². The number of piperidine rings is 1. The van der Waals surface area contributed by atoms with Crippen molar-refractivity contribution in [3.05, 3.63) is 0 Å². The first-order chi connectivity index (χ1) is 11.4. The van der Waals surface area contributed by atoms with E-state index >= 15 is 0 Å². The minimum Gasteiger partial charge on any atom is -0.381 e. The van der Waals surface area contributed by atoms with Crippen LogP contribution in [0.2, 0.25) is 0 Å². The number of nitrogens with one attached hydrogen (secondary N) is 2. The molecule has 2 aliphatic rings. The molecule has 1 amide bonds. The summed E-state index contributed by atoms with van der Waals surface area (Å²) in [4.78, 5) is 18.7. The lowest BCUT2D eigenvalue weighted by molar-refractivity contribution is -0.128. The molecule has 1 unspecified atom stereocenters. The maximum absolute atomic E-state index is 11.9. The van der Waals surface area contributed by atoms with Crippen LogP contribution in [0.3, 0.4) is 0 Å². The molecular weight excluding hydrogens is 431 g/mol. The largest absolute Gasteiger partial charge is 0.381 e. The highest BCUT2D eigenvalue weighted by atomic mass is 127. The van der Waals surface area contributed by atoms with Gasteiger partial charge in [0, 0.05) is 50.7 Å². The molecule has 0 aromatic rings. The van der Waals surface area contributed by atoms with Crippen molar-refractivity contribution in [1.29, 1.82) is 0 Å². The number of carbonyl (C=O) groups is 1. The third-order valence-corrected chi connectivity index (χ3v) is 4.95. The summed E-state index contributed by atoms with van der Waals surface area (Å²) in [7, 11) is 1.83. The van der Waals surface area contributed by atoms with Gasteiger partial charge in [0.1, 0.15) is 0 Å². The van der Waals surface area contributed by atoms with Gasteiger partial charge in [0.2, 0.25) is 5.91 Å². The van der Waals surface area contributed by atoms with Gasteiger partial charge in [0.25, 0.3) is 0 Å². The van der Waals surface area contributed by atoms with Gasteiger partial charge in [-0.1, -0.05) is 20.8 Å². The Kier molecular flexibility index (Phi) is 8.94. The fourth-order valence-electron chi connectivity index (χ4n) is 3.57. The number of hydrogen-bond donors (Lipinski definition) is 2. The van der Waals surface area contributed by atoms with Crippen molar-refractivity contribution in [2.24, 2.45) is 15.8 Å². The molecule has 1 spiro atoms. The summed E-state index contributed by atoms with van der Waals surface area (Å²) in [5.74, 6) is 1.01. The quantitative estimate of drug-likeness (QED) is 0.290. The van der Waals surface area contributed by atoms with Gasteiger partial charge in [-0.25, -0.2) is 0 Å². The molecule has 25 heavy (non-hydrogen) atoms. The number of amides is 1. The van der Waals surface area contributed by atoms with Crippen LogP contribution in [-0.2, 0) is 9.53 Å².